The molecular weight excluding hydrogens is 271 g/mol. The Morgan fingerprint density at radius 1 is 1.37 bits per heavy atom. The number of anilines is 2. The average Bonchev–Trinajstić information content (AvgIpc) is 2.40. The first-order chi connectivity index (χ1) is 9.06. The number of nitrogens with one attached hydrogen (secondary N) is 1. The maximum Gasteiger partial charge on any atom is 0.327 e. The summed E-state index contributed by atoms with van der Waals surface area (Å²) in [7, 11) is 1.52. The third kappa shape index (κ3) is 3.38. The van der Waals surface area contributed by atoms with E-state index < -0.39 is 11.8 Å². The van der Waals surface area contributed by atoms with Crippen LogP contribution in [-0.2, 0) is 0 Å². The van der Waals surface area contributed by atoms with Crippen molar-refractivity contribution in [2.24, 2.45) is 0 Å². The fourth-order valence-electron chi connectivity index (χ4n) is 1.37. The van der Waals surface area contributed by atoms with Crippen molar-refractivity contribution in [3.05, 3.63) is 47.6 Å². The molecule has 5 nitrogen and oxygen atoms in total. The van der Waals surface area contributed by atoms with Crippen LogP contribution in [0.25, 0.3) is 0 Å². The van der Waals surface area contributed by atoms with Crippen molar-refractivity contribution < 1.29 is 9.18 Å². The molecule has 2 aromatic rings. The summed E-state index contributed by atoms with van der Waals surface area (Å²) in [5.41, 5.74) is 0.430. The lowest BCUT2D eigenvalue weighted by atomic mass is 10.3. The number of halogens is 2. The van der Waals surface area contributed by atoms with Gasteiger partial charge in [-0.3, -0.25) is 10.2 Å². The molecule has 0 aliphatic carbocycles. The normalized spacial score (nSPS) is 10.1. The number of rotatable bonds is 2. The first-order valence-electron chi connectivity index (χ1n) is 5.34. The zero-order valence-corrected chi connectivity index (χ0v) is 10.7. The molecule has 19 heavy (non-hydrogen) atoms. The van der Waals surface area contributed by atoms with E-state index in [1.807, 2.05) is 0 Å². The first-order valence-corrected chi connectivity index (χ1v) is 5.72. The van der Waals surface area contributed by atoms with Crippen LogP contribution < -0.4 is 10.2 Å². The highest BCUT2D eigenvalue weighted by atomic mass is 35.5. The van der Waals surface area contributed by atoms with Crippen molar-refractivity contribution in [1.82, 2.24) is 9.97 Å². The van der Waals surface area contributed by atoms with Crippen molar-refractivity contribution >= 4 is 29.1 Å². The molecule has 0 unspecified atom stereocenters. The number of nitrogens with zero attached hydrogens (tertiary/aromatic N) is 3. The summed E-state index contributed by atoms with van der Waals surface area (Å²) in [6.45, 7) is 0. The van der Waals surface area contributed by atoms with Crippen LogP contribution in [0.3, 0.4) is 0 Å². The van der Waals surface area contributed by atoms with Gasteiger partial charge in [0.1, 0.15) is 11.0 Å². The van der Waals surface area contributed by atoms with E-state index in [2.05, 4.69) is 15.3 Å². The monoisotopic (exact) mass is 280 g/mol. The molecule has 1 aromatic carbocycles. The predicted octanol–water partition coefficient (Wildman–Crippen LogP) is 2.94. The maximum atomic E-state index is 13.1. The molecule has 0 spiro atoms. The molecule has 1 N–H and O–H groups in total. The molecule has 0 radical (unpaired) electrons. The minimum Gasteiger partial charge on any atom is -0.297 e. The molecule has 0 saturated carbocycles. The van der Waals surface area contributed by atoms with Gasteiger partial charge in [-0.2, -0.15) is 0 Å². The van der Waals surface area contributed by atoms with E-state index in [-0.39, 0.29) is 11.0 Å². The number of amides is 2. The molecule has 7 heteroatoms. The van der Waals surface area contributed by atoms with Crippen LogP contribution in [0.5, 0.6) is 0 Å². The molecule has 1 heterocycles. The second-order valence-corrected chi connectivity index (χ2v) is 4.08. The van der Waals surface area contributed by atoms with Crippen LogP contribution in [0.15, 0.2) is 36.7 Å². The van der Waals surface area contributed by atoms with E-state index in [1.54, 1.807) is 6.07 Å². The second kappa shape index (κ2) is 5.62. The van der Waals surface area contributed by atoms with E-state index >= 15 is 0 Å². The van der Waals surface area contributed by atoms with Crippen molar-refractivity contribution in [1.29, 1.82) is 0 Å². The lowest BCUT2D eigenvalue weighted by Gasteiger charge is -2.17. The number of hydrogen-bond donors (Lipinski definition) is 1. The molecular formula is C12H10ClFN4O. The average molecular weight is 281 g/mol. The van der Waals surface area contributed by atoms with Gasteiger partial charge < -0.3 is 0 Å². The highest BCUT2D eigenvalue weighted by molar-refractivity contribution is 6.29. The Kier molecular flexibility index (Phi) is 3.91. The molecule has 0 fully saturated rings. The molecule has 2 amide bonds. The van der Waals surface area contributed by atoms with Crippen molar-refractivity contribution in [3.8, 4) is 0 Å². The first kappa shape index (κ1) is 13.2. The number of carbonyl (C=O) groups is 1. The molecule has 1 aromatic heterocycles. The largest absolute Gasteiger partial charge is 0.327 e. The summed E-state index contributed by atoms with van der Waals surface area (Å²) in [6, 6.07) is 5.25. The molecule has 2 rings (SSSR count). The van der Waals surface area contributed by atoms with E-state index in [9.17, 15) is 9.18 Å². The summed E-state index contributed by atoms with van der Waals surface area (Å²) < 4.78 is 13.1. The Morgan fingerprint density at radius 2 is 2.16 bits per heavy atom. The Hall–Kier alpha value is -2.21. The third-order valence-corrected chi connectivity index (χ3v) is 2.55. The Bertz CT molecular complexity index is 591. The highest BCUT2D eigenvalue weighted by Crippen LogP contribution is 2.15. The van der Waals surface area contributed by atoms with Gasteiger partial charge in [-0.05, 0) is 18.2 Å². The number of carbonyl (C=O) groups excluding carboxylic acids is 1. The topological polar surface area (TPSA) is 58.1 Å². The smallest absolute Gasteiger partial charge is 0.297 e. The Morgan fingerprint density at radius 3 is 2.79 bits per heavy atom. The predicted molar refractivity (Wildman–Crippen MR) is 70.9 cm³/mol. The van der Waals surface area contributed by atoms with Crippen LogP contribution in [0.2, 0.25) is 5.15 Å². The standard InChI is InChI=1S/C12H10ClFN4O/c1-18(9-4-2-3-8(14)5-9)12(19)17-11-7-15-10(13)6-16-11/h2-7H,1H3,(H,16,17,19). The van der Waals surface area contributed by atoms with Crippen LogP contribution in [-0.4, -0.2) is 23.0 Å². The highest BCUT2D eigenvalue weighted by Gasteiger charge is 2.12. The van der Waals surface area contributed by atoms with E-state index in [0.29, 0.717) is 5.69 Å². The number of urea groups is 1. The van der Waals surface area contributed by atoms with E-state index in [1.165, 1.54) is 42.5 Å². The summed E-state index contributed by atoms with van der Waals surface area (Å²) in [6.07, 6.45) is 2.65. The lowest BCUT2D eigenvalue weighted by Crippen LogP contribution is -2.31. The van der Waals surface area contributed by atoms with Crippen molar-refractivity contribution in [3.63, 3.8) is 0 Å². The van der Waals surface area contributed by atoms with Crippen LogP contribution >= 0.6 is 11.6 Å². The molecule has 0 bridgehead atoms. The lowest BCUT2D eigenvalue weighted by molar-refractivity contribution is 0.258. The SMILES string of the molecule is CN(C(=O)Nc1cnc(Cl)cn1)c1cccc(F)c1. The Labute approximate surface area is 114 Å². The number of aromatic nitrogens is 2. The van der Waals surface area contributed by atoms with Gasteiger partial charge in [0.25, 0.3) is 0 Å². The van der Waals surface area contributed by atoms with E-state index in [0.717, 1.165) is 0 Å². The third-order valence-electron chi connectivity index (χ3n) is 2.36. The fraction of sp³-hybridized carbons (Fsp3) is 0.0833. The quantitative estimate of drug-likeness (QED) is 0.920. The van der Waals surface area contributed by atoms with Crippen LogP contribution in [0, 0.1) is 5.82 Å². The van der Waals surface area contributed by atoms with Crippen LogP contribution in [0.4, 0.5) is 20.7 Å². The number of hydrogen-bond acceptors (Lipinski definition) is 3. The Balaban J connectivity index is 2.09. The van der Waals surface area contributed by atoms with Gasteiger partial charge in [0, 0.05) is 12.7 Å². The van der Waals surface area contributed by atoms with Gasteiger partial charge in [-0.1, -0.05) is 17.7 Å². The second-order valence-electron chi connectivity index (χ2n) is 3.69. The van der Waals surface area contributed by atoms with Gasteiger partial charge in [0.05, 0.1) is 12.4 Å². The number of benzene rings is 1. The molecule has 0 atom stereocenters. The van der Waals surface area contributed by atoms with Gasteiger partial charge in [-0.15, -0.1) is 0 Å². The van der Waals surface area contributed by atoms with Gasteiger partial charge in [0.2, 0.25) is 0 Å². The molecule has 0 saturated heterocycles. The summed E-state index contributed by atoms with van der Waals surface area (Å²) >= 11 is 5.59. The maximum absolute atomic E-state index is 13.1. The molecule has 0 aliphatic rings. The van der Waals surface area contributed by atoms with Crippen molar-refractivity contribution in [2.45, 2.75) is 0 Å². The van der Waals surface area contributed by atoms with Gasteiger partial charge in [0.15, 0.2) is 5.82 Å². The van der Waals surface area contributed by atoms with Crippen molar-refractivity contribution in [2.75, 3.05) is 17.3 Å². The summed E-state index contributed by atoms with van der Waals surface area (Å²) in [5, 5.41) is 2.75. The zero-order valence-electron chi connectivity index (χ0n) is 9.97. The molecule has 98 valence electrons. The minimum atomic E-state index is -0.456. The fourth-order valence-corrected chi connectivity index (χ4v) is 1.47. The van der Waals surface area contributed by atoms with Gasteiger partial charge >= 0.3 is 6.03 Å². The molecule has 0 aliphatic heterocycles. The van der Waals surface area contributed by atoms with Crippen LogP contribution in [0.1, 0.15) is 0 Å². The summed E-state index contributed by atoms with van der Waals surface area (Å²) in [5.74, 6) is -0.152. The van der Waals surface area contributed by atoms with E-state index in [4.69, 9.17) is 11.6 Å². The minimum absolute atomic E-state index is 0.233. The zero-order chi connectivity index (χ0) is 13.8. The van der Waals surface area contributed by atoms with Gasteiger partial charge in [-0.25, -0.2) is 19.2 Å². The summed E-state index contributed by atoms with van der Waals surface area (Å²) in [4.78, 5) is 20.8.